The summed E-state index contributed by atoms with van der Waals surface area (Å²) in [6, 6.07) is 6.60. The van der Waals surface area contributed by atoms with E-state index in [1.54, 1.807) is 0 Å². The molecule has 1 aromatic carbocycles. The second-order valence-electron chi connectivity index (χ2n) is 5.93. The monoisotopic (exact) mass is 274 g/mol. The Labute approximate surface area is 122 Å². The molecule has 1 atom stereocenters. The van der Waals surface area contributed by atoms with E-state index in [9.17, 15) is 4.79 Å². The fourth-order valence-corrected chi connectivity index (χ4v) is 2.95. The van der Waals surface area contributed by atoms with Crippen molar-refractivity contribution in [1.82, 2.24) is 10.2 Å². The number of hydrogen-bond donors (Lipinski definition) is 1. The number of piperazine rings is 1. The lowest BCUT2D eigenvalue weighted by atomic mass is 9.91. The summed E-state index contributed by atoms with van der Waals surface area (Å²) in [6.45, 7) is 10.1. The molecule has 20 heavy (non-hydrogen) atoms. The fourth-order valence-electron chi connectivity index (χ4n) is 2.95. The largest absolute Gasteiger partial charge is 0.340 e. The molecule has 0 aliphatic carbocycles. The lowest BCUT2D eigenvalue weighted by molar-refractivity contribution is -0.131. The van der Waals surface area contributed by atoms with E-state index in [-0.39, 0.29) is 0 Å². The third-order valence-corrected chi connectivity index (χ3v) is 4.22. The standard InChI is InChI=1S/C17H26N2O/c1-13-4-6-16(15(3)12-13)14(2)5-7-17(20)19-10-8-18-9-11-19/h4,6,12,14,18H,5,7-11H2,1-3H3. The summed E-state index contributed by atoms with van der Waals surface area (Å²) in [6.07, 6.45) is 1.60. The Morgan fingerprint density at radius 2 is 2.00 bits per heavy atom. The molecule has 0 spiro atoms. The summed E-state index contributed by atoms with van der Waals surface area (Å²) in [5.41, 5.74) is 4.02. The molecular formula is C17H26N2O. The van der Waals surface area contributed by atoms with Crippen LogP contribution in [0.15, 0.2) is 18.2 Å². The number of hydrogen-bond acceptors (Lipinski definition) is 2. The second kappa shape index (κ2) is 6.89. The molecule has 1 aromatic rings. The zero-order valence-corrected chi connectivity index (χ0v) is 12.9. The summed E-state index contributed by atoms with van der Waals surface area (Å²) < 4.78 is 0. The SMILES string of the molecule is Cc1ccc(C(C)CCC(=O)N2CCNCC2)c(C)c1. The quantitative estimate of drug-likeness (QED) is 0.915. The average Bonchev–Trinajstić information content (AvgIpc) is 2.45. The normalized spacial score (nSPS) is 17.1. The van der Waals surface area contributed by atoms with Crippen molar-refractivity contribution in [2.75, 3.05) is 26.2 Å². The van der Waals surface area contributed by atoms with Crippen LogP contribution in [0.1, 0.15) is 42.4 Å². The third-order valence-electron chi connectivity index (χ3n) is 4.22. The Kier molecular flexibility index (Phi) is 5.18. The lowest BCUT2D eigenvalue weighted by Gasteiger charge is -2.28. The lowest BCUT2D eigenvalue weighted by Crippen LogP contribution is -2.46. The van der Waals surface area contributed by atoms with E-state index in [0.29, 0.717) is 18.2 Å². The van der Waals surface area contributed by atoms with Gasteiger partial charge in [0.05, 0.1) is 0 Å². The molecular weight excluding hydrogens is 248 g/mol. The Balaban J connectivity index is 1.87. The van der Waals surface area contributed by atoms with E-state index >= 15 is 0 Å². The maximum absolute atomic E-state index is 12.2. The van der Waals surface area contributed by atoms with Crippen molar-refractivity contribution in [3.63, 3.8) is 0 Å². The van der Waals surface area contributed by atoms with E-state index in [0.717, 1.165) is 32.6 Å². The van der Waals surface area contributed by atoms with E-state index in [1.807, 2.05) is 4.90 Å². The smallest absolute Gasteiger partial charge is 0.222 e. The number of carbonyl (C=O) groups excluding carboxylic acids is 1. The number of nitrogens with zero attached hydrogens (tertiary/aromatic N) is 1. The maximum Gasteiger partial charge on any atom is 0.222 e. The van der Waals surface area contributed by atoms with Gasteiger partial charge in [-0.1, -0.05) is 30.7 Å². The zero-order chi connectivity index (χ0) is 14.5. The van der Waals surface area contributed by atoms with Gasteiger partial charge in [0.25, 0.3) is 0 Å². The summed E-state index contributed by atoms with van der Waals surface area (Å²) in [5, 5.41) is 3.28. The highest BCUT2D eigenvalue weighted by atomic mass is 16.2. The highest BCUT2D eigenvalue weighted by Gasteiger charge is 2.17. The van der Waals surface area contributed by atoms with Gasteiger partial charge in [0.15, 0.2) is 0 Å². The van der Waals surface area contributed by atoms with Gasteiger partial charge in [-0.2, -0.15) is 0 Å². The molecule has 3 heteroatoms. The predicted molar refractivity (Wildman–Crippen MR) is 83.0 cm³/mol. The molecule has 1 saturated heterocycles. The molecule has 3 nitrogen and oxygen atoms in total. The summed E-state index contributed by atoms with van der Waals surface area (Å²) >= 11 is 0. The van der Waals surface area contributed by atoms with Crippen LogP contribution in [0.3, 0.4) is 0 Å². The van der Waals surface area contributed by atoms with Crippen molar-refractivity contribution in [2.24, 2.45) is 0 Å². The van der Waals surface area contributed by atoms with Crippen molar-refractivity contribution >= 4 is 5.91 Å². The molecule has 1 unspecified atom stereocenters. The van der Waals surface area contributed by atoms with Crippen molar-refractivity contribution < 1.29 is 4.79 Å². The summed E-state index contributed by atoms with van der Waals surface area (Å²) in [7, 11) is 0. The minimum atomic E-state index is 0.308. The van der Waals surface area contributed by atoms with Crippen LogP contribution < -0.4 is 5.32 Å². The van der Waals surface area contributed by atoms with Gasteiger partial charge in [0.1, 0.15) is 0 Å². The molecule has 0 aromatic heterocycles. The van der Waals surface area contributed by atoms with E-state index in [2.05, 4.69) is 44.3 Å². The Morgan fingerprint density at radius 1 is 1.30 bits per heavy atom. The fraction of sp³-hybridized carbons (Fsp3) is 0.588. The van der Waals surface area contributed by atoms with Gasteiger partial charge in [0, 0.05) is 32.6 Å². The molecule has 0 radical (unpaired) electrons. The van der Waals surface area contributed by atoms with Crippen LogP contribution in [0.25, 0.3) is 0 Å². The van der Waals surface area contributed by atoms with Crippen LogP contribution in [-0.4, -0.2) is 37.0 Å². The first kappa shape index (κ1) is 15.0. The maximum atomic E-state index is 12.2. The molecule has 0 bridgehead atoms. The van der Waals surface area contributed by atoms with Crippen LogP contribution in [0.4, 0.5) is 0 Å². The molecule has 1 aliphatic heterocycles. The number of rotatable bonds is 4. The molecule has 1 amide bonds. The van der Waals surface area contributed by atoms with Crippen molar-refractivity contribution in [1.29, 1.82) is 0 Å². The van der Waals surface area contributed by atoms with E-state index in [1.165, 1.54) is 16.7 Å². The Hall–Kier alpha value is -1.35. The first-order valence-electron chi connectivity index (χ1n) is 7.63. The van der Waals surface area contributed by atoms with Crippen LogP contribution in [-0.2, 0) is 4.79 Å². The van der Waals surface area contributed by atoms with Crippen LogP contribution in [0.5, 0.6) is 0 Å². The van der Waals surface area contributed by atoms with Crippen molar-refractivity contribution in [2.45, 2.75) is 39.5 Å². The number of benzene rings is 1. The van der Waals surface area contributed by atoms with Crippen LogP contribution in [0, 0.1) is 13.8 Å². The van der Waals surface area contributed by atoms with Gasteiger partial charge in [-0.05, 0) is 37.3 Å². The van der Waals surface area contributed by atoms with E-state index < -0.39 is 0 Å². The number of nitrogens with one attached hydrogen (secondary N) is 1. The summed E-state index contributed by atoms with van der Waals surface area (Å²) in [4.78, 5) is 14.2. The highest BCUT2D eigenvalue weighted by Crippen LogP contribution is 2.25. The third kappa shape index (κ3) is 3.83. The van der Waals surface area contributed by atoms with Gasteiger partial charge in [-0.3, -0.25) is 4.79 Å². The molecule has 0 saturated carbocycles. The van der Waals surface area contributed by atoms with Gasteiger partial charge >= 0.3 is 0 Å². The van der Waals surface area contributed by atoms with E-state index in [4.69, 9.17) is 0 Å². The van der Waals surface area contributed by atoms with Crippen LogP contribution >= 0.6 is 0 Å². The summed E-state index contributed by atoms with van der Waals surface area (Å²) in [5.74, 6) is 0.755. The van der Waals surface area contributed by atoms with Gasteiger partial charge in [0.2, 0.25) is 5.91 Å². The second-order valence-corrected chi connectivity index (χ2v) is 5.93. The van der Waals surface area contributed by atoms with Crippen molar-refractivity contribution in [3.05, 3.63) is 34.9 Å². The average molecular weight is 274 g/mol. The molecule has 2 rings (SSSR count). The molecule has 1 fully saturated rings. The topological polar surface area (TPSA) is 32.3 Å². The van der Waals surface area contributed by atoms with Crippen molar-refractivity contribution in [3.8, 4) is 0 Å². The number of carbonyl (C=O) groups is 1. The van der Waals surface area contributed by atoms with Crippen LogP contribution in [0.2, 0.25) is 0 Å². The highest BCUT2D eigenvalue weighted by molar-refractivity contribution is 5.76. The molecule has 110 valence electrons. The minimum absolute atomic E-state index is 0.308. The predicted octanol–water partition coefficient (Wildman–Crippen LogP) is 2.62. The molecule has 1 N–H and O–H groups in total. The number of aryl methyl sites for hydroxylation is 2. The first-order valence-corrected chi connectivity index (χ1v) is 7.63. The zero-order valence-electron chi connectivity index (χ0n) is 12.9. The molecule has 1 aliphatic rings. The van der Waals surface area contributed by atoms with Gasteiger partial charge < -0.3 is 10.2 Å². The molecule has 1 heterocycles. The first-order chi connectivity index (χ1) is 9.58. The Bertz CT molecular complexity index is 464. The number of amides is 1. The minimum Gasteiger partial charge on any atom is -0.340 e. The van der Waals surface area contributed by atoms with Gasteiger partial charge in [-0.25, -0.2) is 0 Å². The van der Waals surface area contributed by atoms with Gasteiger partial charge in [-0.15, -0.1) is 0 Å². The Morgan fingerprint density at radius 3 is 2.65 bits per heavy atom.